The van der Waals surface area contributed by atoms with Crippen molar-refractivity contribution in [3.63, 3.8) is 0 Å². The maximum Gasteiger partial charge on any atom is 0.244 e. The average molecular weight is 352 g/mol. The molecule has 0 atom stereocenters. The first-order chi connectivity index (χ1) is 11.4. The number of hydrogen-bond donors (Lipinski definition) is 1. The van der Waals surface area contributed by atoms with Crippen LogP contribution in [0.15, 0.2) is 35.4 Å². The lowest BCUT2D eigenvalue weighted by atomic mass is 10.3. The quantitative estimate of drug-likeness (QED) is 0.795. The molecule has 9 heteroatoms. The first-order valence-electron chi connectivity index (χ1n) is 7.08. The largest absolute Gasteiger partial charge is 0.497 e. The molecule has 0 aliphatic carbocycles. The minimum absolute atomic E-state index is 0.00638. The fourth-order valence-corrected chi connectivity index (χ4v) is 3.12. The van der Waals surface area contributed by atoms with Crippen molar-refractivity contribution >= 4 is 15.8 Å². The molecule has 2 rings (SSSR count). The van der Waals surface area contributed by atoms with E-state index in [0.717, 1.165) is 0 Å². The summed E-state index contributed by atoms with van der Waals surface area (Å²) in [5, 5.41) is 0. The van der Waals surface area contributed by atoms with E-state index >= 15 is 0 Å². The van der Waals surface area contributed by atoms with Gasteiger partial charge in [0.05, 0.1) is 20.8 Å². The van der Waals surface area contributed by atoms with Gasteiger partial charge in [-0.1, -0.05) is 0 Å². The minimum atomic E-state index is -3.82. The predicted molar refractivity (Wildman–Crippen MR) is 89.9 cm³/mol. The third-order valence-electron chi connectivity index (χ3n) is 3.23. The number of nitrogens with zero attached hydrogens (tertiary/aromatic N) is 3. The van der Waals surface area contributed by atoms with Crippen LogP contribution in [0.4, 0.5) is 5.82 Å². The number of rotatable bonds is 7. The highest BCUT2D eigenvalue weighted by atomic mass is 32.2. The molecule has 0 aliphatic rings. The van der Waals surface area contributed by atoms with Crippen molar-refractivity contribution in [1.82, 2.24) is 14.7 Å². The summed E-state index contributed by atoms with van der Waals surface area (Å²) in [6, 6.07) is 6.30. The number of aromatic nitrogens is 2. The molecule has 130 valence electrons. The molecular weight excluding hydrogens is 332 g/mol. The monoisotopic (exact) mass is 352 g/mol. The SMILES string of the molecule is COc1ccc(OC)c(S(=O)(=O)NCc2nccc(N(C)C)n2)c1. The molecule has 0 bridgehead atoms. The Morgan fingerprint density at radius 2 is 1.92 bits per heavy atom. The summed E-state index contributed by atoms with van der Waals surface area (Å²) < 4.78 is 37.8. The normalized spacial score (nSPS) is 11.2. The van der Waals surface area contributed by atoms with E-state index in [0.29, 0.717) is 17.4 Å². The van der Waals surface area contributed by atoms with Crippen LogP contribution in [0, 0.1) is 0 Å². The van der Waals surface area contributed by atoms with Gasteiger partial charge in [-0.3, -0.25) is 0 Å². The van der Waals surface area contributed by atoms with Gasteiger partial charge in [-0.25, -0.2) is 23.1 Å². The van der Waals surface area contributed by atoms with Gasteiger partial charge in [-0.05, 0) is 18.2 Å². The number of hydrogen-bond acceptors (Lipinski definition) is 7. The summed E-state index contributed by atoms with van der Waals surface area (Å²) in [6.45, 7) is -0.0373. The van der Waals surface area contributed by atoms with Crippen LogP contribution in [0.3, 0.4) is 0 Å². The van der Waals surface area contributed by atoms with E-state index in [2.05, 4.69) is 14.7 Å². The Hall–Kier alpha value is -2.39. The molecule has 0 unspecified atom stereocenters. The summed E-state index contributed by atoms with van der Waals surface area (Å²) >= 11 is 0. The maximum absolute atomic E-state index is 12.6. The van der Waals surface area contributed by atoms with Crippen molar-refractivity contribution in [2.75, 3.05) is 33.2 Å². The Morgan fingerprint density at radius 3 is 2.54 bits per heavy atom. The lowest BCUT2D eigenvalue weighted by Crippen LogP contribution is -2.25. The van der Waals surface area contributed by atoms with Gasteiger partial charge >= 0.3 is 0 Å². The molecule has 1 aromatic heterocycles. The fourth-order valence-electron chi connectivity index (χ4n) is 1.95. The Bertz CT molecular complexity index is 809. The second-order valence-corrected chi connectivity index (χ2v) is 6.80. The molecule has 1 aromatic carbocycles. The zero-order chi connectivity index (χ0) is 17.7. The highest BCUT2D eigenvalue weighted by molar-refractivity contribution is 7.89. The average Bonchev–Trinajstić information content (AvgIpc) is 2.59. The minimum Gasteiger partial charge on any atom is -0.497 e. The van der Waals surface area contributed by atoms with E-state index in [1.807, 2.05) is 19.0 Å². The Labute approximate surface area is 141 Å². The third kappa shape index (κ3) is 4.12. The zero-order valence-electron chi connectivity index (χ0n) is 14.0. The Balaban J connectivity index is 2.24. The second kappa shape index (κ2) is 7.45. The van der Waals surface area contributed by atoms with Gasteiger partial charge in [-0.2, -0.15) is 0 Å². The van der Waals surface area contributed by atoms with Gasteiger partial charge in [0.1, 0.15) is 28.0 Å². The van der Waals surface area contributed by atoms with Crippen LogP contribution in [-0.4, -0.2) is 46.7 Å². The third-order valence-corrected chi connectivity index (χ3v) is 4.65. The maximum atomic E-state index is 12.6. The van der Waals surface area contributed by atoms with Crippen molar-refractivity contribution in [1.29, 1.82) is 0 Å². The number of ether oxygens (including phenoxy) is 2. The van der Waals surface area contributed by atoms with E-state index in [-0.39, 0.29) is 17.2 Å². The van der Waals surface area contributed by atoms with E-state index in [9.17, 15) is 8.42 Å². The van der Waals surface area contributed by atoms with Crippen LogP contribution >= 0.6 is 0 Å². The molecule has 24 heavy (non-hydrogen) atoms. The Morgan fingerprint density at radius 1 is 1.17 bits per heavy atom. The summed E-state index contributed by atoms with van der Waals surface area (Å²) in [5.41, 5.74) is 0. The number of nitrogens with one attached hydrogen (secondary N) is 1. The second-order valence-electron chi connectivity index (χ2n) is 5.07. The lowest BCUT2D eigenvalue weighted by molar-refractivity contribution is 0.392. The van der Waals surface area contributed by atoms with Gasteiger partial charge in [-0.15, -0.1) is 0 Å². The van der Waals surface area contributed by atoms with E-state index in [1.165, 1.54) is 26.4 Å². The van der Waals surface area contributed by atoms with Gasteiger partial charge in [0, 0.05) is 26.4 Å². The molecule has 1 N–H and O–H groups in total. The molecule has 0 saturated heterocycles. The van der Waals surface area contributed by atoms with Gasteiger partial charge in [0.25, 0.3) is 0 Å². The van der Waals surface area contributed by atoms with Crippen LogP contribution in [0.5, 0.6) is 11.5 Å². The summed E-state index contributed by atoms with van der Waals surface area (Å²) in [7, 11) is 2.75. The molecule has 0 radical (unpaired) electrons. The van der Waals surface area contributed by atoms with Crippen molar-refractivity contribution in [2.45, 2.75) is 11.4 Å². The molecule has 1 heterocycles. The predicted octanol–water partition coefficient (Wildman–Crippen LogP) is 1.04. The highest BCUT2D eigenvalue weighted by Crippen LogP contribution is 2.28. The lowest BCUT2D eigenvalue weighted by Gasteiger charge is -2.13. The molecule has 8 nitrogen and oxygen atoms in total. The number of methoxy groups -OCH3 is 2. The van der Waals surface area contributed by atoms with Crippen molar-refractivity contribution in [2.24, 2.45) is 0 Å². The molecular formula is C15H20N4O4S. The topological polar surface area (TPSA) is 93.6 Å². The standard InChI is InChI=1S/C15H20N4O4S/c1-19(2)15-7-8-16-14(18-15)10-17-24(20,21)13-9-11(22-3)5-6-12(13)23-4/h5-9,17H,10H2,1-4H3. The van der Waals surface area contributed by atoms with Gasteiger partial charge < -0.3 is 14.4 Å². The van der Waals surface area contributed by atoms with Crippen LogP contribution in [-0.2, 0) is 16.6 Å². The van der Waals surface area contributed by atoms with Crippen LogP contribution < -0.4 is 19.1 Å². The van der Waals surface area contributed by atoms with Gasteiger partial charge in [0.2, 0.25) is 10.0 Å². The van der Waals surface area contributed by atoms with Crippen molar-refractivity contribution in [3.05, 3.63) is 36.3 Å². The number of sulfonamides is 1. The van der Waals surface area contributed by atoms with Crippen molar-refractivity contribution in [3.8, 4) is 11.5 Å². The zero-order valence-corrected chi connectivity index (χ0v) is 14.8. The van der Waals surface area contributed by atoms with Crippen molar-refractivity contribution < 1.29 is 17.9 Å². The smallest absolute Gasteiger partial charge is 0.244 e. The fraction of sp³-hybridized carbons (Fsp3) is 0.333. The molecule has 0 aliphatic heterocycles. The van der Waals surface area contributed by atoms with Crippen LogP contribution in [0.2, 0.25) is 0 Å². The number of benzene rings is 1. The summed E-state index contributed by atoms with van der Waals surface area (Å²) in [5.74, 6) is 1.71. The van der Waals surface area contributed by atoms with E-state index in [4.69, 9.17) is 9.47 Å². The first-order valence-corrected chi connectivity index (χ1v) is 8.56. The Kier molecular flexibility index (Phi) is 5.58. The molecule has 0 saturated carbocycles. The highest BCUT2D eigenvalue weighted by Gasteiger charge is 2.21. The molecule has 0 amide bonds. The van der Waals surface area contributed by atoms with E-state index < -0.39 is 10.0 Å². The van der Waals surface area contributed by atoms with Gasteiger partial charge in [0.15, 0.2) is 0 Å². The van der Waals surface area contributed by atoms with Crippen LogP contribution in [0.1, 0.15) is 5.82 Å². The number of anilines is 1. The van der Waals surface area contributed by atoms with Crippen LogP contribution in [0.25, 0.3) is 0 Å². The molecule has 0 spiro atoms. The first kappa shape index (κ1) is 18.0. The molecule has 2 aromatic rings. The summed E-state index contributed by atoms with van der Waals surface area (Å²) in [6.07, 6.45) is 1.58. The molecule has 0 fully saturated rings. The van der Waals surface area contributed by atoms with E-state index in [1.54, 1.807) is 18.3 Å². The summed E-state index contributed by atoms with van der Waals surface area (Å²) in [4.78, 5) is 10.2.